The number of anilines is 1. The predicted molar refractivity (Wildman–Crippen MR) is 112 cm³/mol. The number of nitrogens with zero attached hydrogens (tertiary/aromatic N) is 3. The molecule has 1 aromatic heterocycles. The Hall–Kier alpha value is -3.29. The summed E-state index contributed by atoms with van der Waals surface area (Å²) in [5.41, 5.74) is 0.0861. The van der Waals surface area contributed by atoms with Crippen LogP contribution in [0.3, 0.4) is 0 Å². The molecular formula is C22H26N4O4. The Morgan fingerprint density at radius 3 is 2.73 bits per heavy atom. The minimum atomic E-state index is -0.519. The van der Waals surface area contributed by atoms with Gasteiger partial charge in [-0.3, -0.25) is 4.79 Å². The number of pyridine rings is 1. The van der Waals surface area contributed by atoms with Gasteiger partial charge in [0.05, 0.1) is 13.1 Å². The van der Waals surface area contributed by atoms with Gasteiger partial charge in [0.25, 0.3) is 5.91 Å². The van der Waals surface area contributed by atoms with Gasteiger partial charge in [-0.15, -0.1) is 0 Å². The first-order valence-corrected chi connectivity index (χ1v) is 10.2. The van der Waals surface area contributed by atoms with E-state index >= 15 is 0 Å². The van der Waals surface area contributed by atoms with Crippen LogP contribution < -0.4 is 10.1 Å². The number of benzene rings is 1. The highest BCUT2D eigenvalue weighted by atomic mass is 16.6. The van der Waals surface area contributed by atoms with E-state index in [1.807, 2.05) is 35.2 Å². The average Bonchev–Trinajstić information content (AvgIpc) is 3.09. The van der Waals surface area contributed by atoms with Crippen LogP contribution in [0.2, 0.25) is 0 Å². The second-order valence-corrected chi connectivity index (χ2v) is 7.61. The van der Waals surface area contributed by atoms with Crippen molar-refractivity contribution in [2.75, 3.05) is 45.2 Å². The third kappa shape index (κ3) is 4.32. The molecule has 2 aromatic rings. The maximum atomic E-state index is 12.8. The topological polar surface area (TPSA) is 84.0 Å². The van der Waals surface area contributed by atoms with Crippen molar-refractivity contribution in [3.63, 3.8) is 0 Å². The number of ether oxygens (including phenoxy) is 2. The highest BCUT2D eigenvalue weighted by Gasteiger charge is 2.47. The van der Waals surface area contributed by atoms with E-state index in [-0.39, 0.29) is 12.0 Å². The molecule has 0 aliphatic carbocycles. The molecule has 1 N–H and O–H groups in total. The van der Waals surface area contributed by atoms with Crippen LogP contribution in [-0.4, -0.2) is 72.2 Å². The quantitative estimate of drug-likeness (QED) is 0.788. The molecule has 8 heteroatoms. The lowest BCUT2D eigenvalue weighted by atomic mass is 9.91. The standard InChI is InChI=1S/C22H26N4O4/c1-23-19-15-17(7-10-24-19)20(27)25-11-8-22(9-12-25)16-26(21(28)30-22)13-14-29-18-5-3-2-4-6-18/h2-7,10,15H,8-9,11-14,16H2,1H3,(H,23,24). The van der Waals surface area contributed by atoms with Crippen molar-refractivity contribution in [1.29, 1.82) is 0 Å². The van der Waals surface area contributed by atoms with Gasteiger partial charge in [-0.25, -0.2) is 9.78 Å². The molecule has 1 spiro atoms. The number of amides is 2. The van der Waals surface area contributed by atoms with E-state index in [0.717, 1.165) is 5.75 Å². The van der Waals surface area contributed by atoms with Crippen molar-refractivity contribution in [2.24, 2.45) is 0 Å². The van der Waals surface area contributed by atoms with Gasteiger partial charge in [-0.05, 0) is 24.3 Å². The van der Waals surface area contributed by atoms with Gasteiger partial charge in [0.1, 0.15) is 23.8 Å². The summed E-state index contributed by atoms with van der Waals surface area (Å²) in [6.45, 7) is 2.53. The number of carbonyl (C=O) groups is 2. The number of hydrogen-bond acceptors (Lipinski definition) is 6. The van der Waals surface area contributed by atoms with Gasteiger partial charge in [0.15, 0.2) is 0 Å². The fourth-order valence-corrected chi connectivity index (χ4v) is 3.92. The number of likely N-dealkylation sites (tertiary alicyclic amines) is 1. The summed E-state index contributed by atoms with van der Waals surface area (Å²) in [5.74, 6) is 1.41. The first kappa shape index (κ1) is 20.0. The van der Waals surface area contributed by atoms with Gasteiger partial charge in [0.2, 0.25) is 0 Å². The number of rotatable bonds is 6. The lowest BCUT2D eigenvalue weighted by Crippen LogP contribution is -2.48. The first-order valence-electron chi connectivity index (χ1n) is 10.2. The molecule has 0 atom stereocenters. The van der Waals surface area contributed by atoms with Crippen LogP contribution in [0.25, 0.3) is 0 Å². The zero-order chi connectivity index (χ0) is 21.0. The molecule has 2 aliphatic rings. The minimum Gasteiger partial charge on any atom is -0.492 e. The summed E-state index contributed by atoms with van der Waals surface area (Å²) >= 11 is 0. The molecular weight excluding hydrogens is 384 g/mol. The molecule has 2 amide bonds. The molecule has 2 fully saturated rings. The first-order chi connectivity index (χ1) is 14.6. The molecule has 0 unspecified atom stereocenters. The van der Waals surface area contributed by atoms with Gasteiger partial charge in [-0.2, -0.15) is 0 Å². The lowest BCUT2D eigenvalue weighted by molar-refractivity contribution is 0.00312. The van der Waals surface area contributed by atoms with Crippen molar-refractivity contribution in [3.8, 4) is 5.75 Å². The Kier molecular flexibility index (Phi) is 5.74. The van der Waals surface area contributed by atoms with Crippen molar-refractivity contribution in [1.82, 2.24) is 14.8 Å². The lowest BCUT2D eigenvalue weighted by Gasteiger charge is -2.37. The average molecular weight is 410 g/mol. The molecule has 4 rings (SSSR count). The molecule has 0 bridgehead atoms. The second-order valence-electron chi connectivity index (χ2n) is 7.61. The number of aromatic nitrogens is 1. The van der Waals surface area contributed by atoms with Crippen LogP contribution in [0.5, 0.6) is 5.75 Å². The Balaban J connectivity index is 1.29. The third-order valence-corrected chi connectivity index (χ3v) is 5.64. The number of para-hydroxylation sites is 1. The van der Waals surface area contributed by atoms with Crippen molar-refractivity contribution < 1.29 is 19.1 Å². The molecule has 1 aromatic carbocycles. The normalized spacial score (nSPS) is 17.7. The summed E-state index contributed by atoms with van der Waals surface area (Å²) < 4.78 is 11.4. The molecule has 0 saturated carbocycles. The fourth-order valence-electron chi connectivity index (χ4n) is 3.92. The maximum absolute atomic E-state index is 12.8. The zero-order valence-electron chi connectivity index (χ0n) is 17.0. The van der Waals surface area contributed by atoms with Crippen LogP contribution in [0.15, 0.2) is 48.7 Å². The Morgan fingerprint density at radius 2 is 2.00 bits per heavy atom. The number of piperidine rings is 1. The van der Waals surface area contributed by atoms with Crippen LogP contribution >= 0.6 is 0 Å². The summed E-state index contributed by atoms with van der Waals surface area (Å²) in [6, 6.07) is 13.0. The van der Waals surface area contributed by atoms with E-state index in [2.05, 4.69) is 10.3 Å². The van der Waals surface area contributed by atoms with Gasteiger partial charge in [-0.1, -0.05) is 18.2 Å². The Bertz CT molecular complexity index is 897. The Labute approximate surface area is 175 Å². The third-order valence-electron chi connectivity index (χ3n) is 5.64. The van der Waals surface area contributed by atoms with E-state index < -0.39 is 5.60 Å². The summed E-state index contributed by atoms with van der Waals surface area (Å²) in [5, 5.41) is 2.95. The van der Waals surface area contributed by atoms with Crippen molar-refractivity contribution >= 4 is 17.8 Å². The van der Waals surface area contributed by atoms with E-state index in [4.69, 9.17) is 9.47 Å². The van der Waals surface area contributed by atoms with Gasteiger partial charge >= 0.3 is 6.09 Å². The molecule has 2 saturated heterocycles. The number of hydrogen-bond donors (Lipinski definition) is 1. The predicted octanol–water partition coefficient (Wildman–Crippen LogP) is 2.63. The highest BCUT2D eigenvalue weighted by Crippen LogP contribution is 2.33. The van der Waals surface area contributed by atoms with Gasteiger partial charge < -0.3 is 24.6 Å². The molecule has 2 aliphatic heterocycles. The minimum absolute atomic E-state index is 0.0267. The smallest absolute Gasteiger partial charge is 0.410 e. The van der Waals surface area contributed by atoms with Gasteiger partial charge in [0, 0.05) is 44.7 Å². The van der Waals surface area contributed by atoms with Crippen LogP contribution in [0, 0.1) is 0 Å². The van der Waals surface area contributed by atoms with Crippen molar-refractivity contribution in [3.05, 3.63) is 54.2 Å². The fraction of sp³-hybridized carbons (Fsp3) is 0.409. The maximum Gasteiger partial charge on any atom is 0.410 e. The van der Waals surface area contributed by atoms with E-state index in [1.54, 1.807) is 30.3 Å². The number of nitrogens with one attached hydrogen (secondary N) is 1. The second kappa shape index (κ2) is 8.61. The van der Waals surface area contributed by atoms with E-state index in [0.29, 0.717) is 57.0 Å². The SMILES string of the molecule is CNc1cc(C(=O)N2CCC3(CC2)CN(CCOc2ccccc2)C(=O)O3)ccn1. The largest absolute Gasteiger partial charge is 0.492 e. The molecule has 158 valence electrons. The molecule has 30 heavy (non-hydrogen) atoms. The van der Waals surface area contributed by atoms with Crippen LogP contribution in [0.1, 0.15) is 23.2 Å². The molecule has 0 radical (unpaired) electrons. The summed E-state index contributed by atoms with van der Waals surface area (Å²) in [4.78, 5) is 32.8. The van der Waals surface area contributed by atoms with E-state index in [1.165, 1.54) is 0 Å². The summed E-state index contributed by atoms with van der Waals surface area (Å²) in [6.07, 6.45) is 2.58. The monoisotopic (exact) mass is 410 g/mol. The highest BCUT2D eigenvalue weighted by molar-refractivity contribution is 5.95. The molecule has 8 nitrogen and oxygen atoms in total. The van der Waals surface area contributed by atoms with Crippen LogP contribution in [-0.2, 0) is 4.74 Å². The molecule has 3 heterocycles. The number of carbonyl (C=O) groups excluding carboxylic acids is 2. The zero-order valence-corrected chi connectivity index (χ0v) is 17.0. The van der Waals surface area contributed by atoms with E-state index in [9.17, 15) is 9.59 Å². The summed E-state index contributed by atoms with van der Waals surface area (Å²) in [7, 11) is 1.77. The Morgan fingerprint density at radius 1 is 1.23 bits per heavy atom. The van der Waals surface area contributed by atoms with Crippen molar-refractivity contribution in [2.45, 2.75) is 18.4 Å². The van der Waals surface area contributed by atoms with Crippen LogP contribution in [0.4, 0.5) is 10.6 Å².